The average molecular weight is 692 g/mol. The molecule has 2 aliphatic heterocycles. The molecule has 5 heterocycles. The fourth-order valence-corrected chi connectivity index (χ4v) is 6.61. The monoisotopic (exact) mass is 691 g/mol. The van der Waals surface area contributed by atoms with Gasteiger partial charge in [-0.25, -0.2) is 14.4 Å². The number of fused-ring (bicyclic) bond motifs is 2. The van der Waals surface area contributed by atoms with E-state index in [0.29, 0.717) is 34.3 Å². The predicted octanol–water partition coefficient (Wildman–Crippen LogP) is 7.32. The maximum absolute atomic E-state index is 14.2. The van der Waals surface area contributed by atoms with Crippen LogP contribution < -0.4 is 10.1 Å². The lowest BCUT2D eigenvalue weighted by Gasteiger charge is -2.29. The summed E-state index contributed by atoms with van der Waals surface area (Å²) in [5.41, 5.74) is 7.25. The molecule has 0 radical (unpaired) electrons. The van der Waals surface area contributed by atoms with Crippen LogP contribution in [0.15, 0.2) is 78.9 Å². The SMILES string of the molecule is Cc1[nH]nc2ccc(C(=O)Nc3ccc4c(c3)nc(CN3CC=C(c5cccc(OCc6ccc(Cl)cc6F)n5)CC3)n4CC3CCO3)cc12. The van der Waals surface area contributed by atoms with Gasteiger partial charge in [0.05, 0.1) is 41.4 Å². The summed E-state index contributed by atoms with van der Waals surface area (Å²) in [4.78, 5) is 25.3. The third kappa shape index (κ3) is 6.72. The van der Waals surface area contributed by atoms with Crippen molar-refractivity contribution in [2.45, 2.75) is 45.6 Å². The molecule has 0 aliphatic carbocycles. The number of hydrogen-bond acceptors (Lipinski definition) is 7. The molecule has 1 atom stereocenters. The molecule has 1 fully saturated rings. The largest absolute Gasteiger partial charge is 0.473 e. The van der Waals surface area contributed by atoms with Gasteiger partial charge in [0.25, 0.3) is 5.91 Å². The first-order valence-electron chi connectivity index (χ1n) is 16.7. The standard InChI is InChI=1S/C38H35ClFN7O3/c1-23-30-17-25(6-9-33(30)45-44-23)38(48)41-28-8-10-35-34(19-28)42-36(47(35)20-29-13-16-49-29)21-46-14-11-24(12-15-46)32-3-2-4-37(43-32)50-22-26-5-7-27(39)18-31(26)40/h2-11,17-19,29H,12-16,20-22H2,1H3,(H,41,48)(H,44,45). The predicted molar refractivity (Wildman–Crippen MR) is 191 cm³/mol. The second-order valence-corrected chi connectivity index (χ2v) is 13.2. The Morgan fingerprint density at radius 3 is 2.80 bits per heavy atom. The minimum Gasteiger partial charge on any atom is -0.473 e. The fraction of sp³-hybridized carbons (Fsp3) is 0.263. The van der Waals surface area contributed by atoms with E-state index in [1.807, 2.05) is 49.4 Å². The molecular weight excluding hydrogens is 657 g/mol. The summed E-state index contributed by atoms with van der Waals surface area (Å²) in [6.07, 6.45) is 4.20. The van der Waals surface area contributed by atoms with Crippen LogP contribution in [0.4, 0.5) is 10.1 Å². The molecule has 0 spiro atoms. The number of aromatic nitrogens is 5. The molecule has 10 nitrogen and oxygen atoms in total. The van der Waals surface area contributed by atoms with E-state index in [0.717, 1.165) is 83.8 Å². The van der Waals surface area contributed by atoms with E-state index < -0.39 is 5.82 Å². The Morgan fingerprint density at radius 2 is 2.00 bits per heavy atom. The van der Waals surface area contributed by atoms with Crippen LogP contribution in [0.25, 0.3) is 27.5 Å². The minimum atomic E-state index is -0.403. The van der Waals surface area contributed by atoms with E-state index in [2.05, 4.69) is 31.1 Å². The number of carbonyl (C=O) groups is 1. The maximum atomic E-state index is 14.2. The molecule has 0 bridgehead atoms. The number of aryl methyl sites for hydroxylation is 1. The number of aromatic amines is 1. The first-order chi connectivity index (χ1) is 24.4. The van der Waals surface area contributed by atoms with Crippen molar-refractivity contribution in [3.05, 3.63) is 118 Å². The lowest BCUT2D eigenvalue weighted by Crippen LogP contribution is -2.33. The van der Waals surface area contributed by atoms with Gasteiger partial charge in [-0.2, -0.15) is 5.10 Å². The first-order valence-corrected chi connectivity index (χ1v) is 17.1. The van der Waals surface area contributed by atoms with Gasteiger partial charge in [0, 0.05) is 58.7 Å². The zero-order chi connectivity index (χ0) is 34.2. The molecule has 3 aromatic heterocycles. The van der Waals surface area contributed by atoms with E-state index in [9.17, 15) is 9.18 Å². The number of imidazole rings is 1. The van der Waals surface area contributed by atoms with Gasteiger partial charge in [-0.1, -0.05) is 29.8 Å². The van der Waals surface area contributed by atoms with Gasteiger partial charge in [0.2, 0.25) is 5.88 Å². The number of pyridine rings is 1. The summed E-state index contributed by atoms with van der Waals surface area (Å²) >= 11 is 5.88. The van der Waals surface area contributed by atoms with Crippen LogP contribution in [0.2, 0.25) is 5.02 Å². The van der Waals surface area contributed by atoms with E-state index in [1.165, 1.54) is 6.07 Å². The summed E-state index contributed by atoms with van der Waals surface area (Å²) in [7, 11) is 0. The van der Waals surface area contributed by atoms with Crippen molar-refractivity contribution >= 4 is 50.7 Å². The van der Waals surface area contributed by atoms with E-state index in [1.54, 1.807) is 24.3 Å². The average Bonchev–Trinajstić information content (AvgIpc) is 3.64. The van der Waals surface area contributed by atoms with Crippen molar-refractivity contribution in [1.29, 1.82) is 0 Å². The Bertz CT molecular complexity index is 2260. The zero-order valence-corrected chi connectivity index (χ0v) is 28.2. The number of benzene rings is 3. The number of halogens is 2. The molecular formula is C38H35ClFN7O3. The van der Waals surface area contributed by atoms with Crippen LogP contribution in [0.3, 0.4) is 0 Å². The van der Waals surface area contributed by atoms with Gasteiger partial charge in [0.15, 0.2) is 0 Å². The molecule has 0 saturated carbocycles. The molecule has 50 heavy (non-hydrogen) atoms. The smallest absolute Gasteiger partial charge is 0.255 e. The molecule has 3 aromatic carbocycles. The lowest BCUT2D eigenvalue weighted by atomic mass is 10.0. The highest BCUT2D eigenvalue weighted by Crippen LogP contribution is 2.28. The van der Waals surface area contributed by atoms with Crippen molar-refractivity contribution < 1.29 is 18.7 Å². The molecule has 2 N–H and O–H groups in total. The van der Waals surface area contributed by atoms with Crippen molar-refractivity contribution in [3.8, 4) is 5.88 Å². The second kappa shape index (κ2) is 13.7. The Kier molecular flexibility index (Phi) is 8.78. The van der Waals surface area contributed by atoms with Crippen molar-refractivity contribution in [2.75, 3.05) is 25.0 Å². The van der Waals surface area contributed by atoms with Gasteiger partial charge >= 0.3 is 0 Å². The van der Waals surface area contributed by atoms with E-state index >= 15 is 0 Å². The number of ether oxygens (including phenoxy) is 2. The number of nitrogens with one attached hydrogen (secondary N) is 2. The third-order valence-electron chi connectivity index (χ3n) is 9.37. The minimum absolute atomic E-state index is 0.0645. The lowest BCUT2D eigenvalue weighted by molar-refractivity contribution is -0.0591. The number of hydrogen-bond donors (Lipinski definition) is 2. The molecule has 2 aliphatic rings. The third-order valence-corrected chi connectivity index (χ3v) is 9.61. The molecule has 6 aromatic rings. The van der Waals surface area contributed by atoms with E-state index in [4.69, 9.17) is 31.0 Å². The number of anilines is 1. The highest BCUT2D eigenvalue weighted by Gasteiger charge is 2.24. The number of carbonyl (C=O) groups excluding carboxylic acids is 1. The van der Waals surface area contributed by atoms with Crippen LogP contribution in [-0.2, 0) is 24.4 Å². The topological polar surface area (TPSA) is 110 Å². The highest BCUT2D eigenvalue weighted by molar-refractivity contribution is 6.30. The first kappa shape index (κ1) is 32.1. The molecule has 1 saturated heterocycles. The van der Waals surface area contributed by atoms with Crippen LogP contribution in [0, 0.1) is 12.7 Å². The Hall–Kier alpha value is -5.10. The van der Waals surface area contributed by atoms with Crippen LogP contribution in [0.5, 0.6) is 5.88 Å². The van der Waals surface area contributed by atoms with Gasteiger partial charge in [-0.3, -0.25) is 14.8 Å². The Balaban J connectivity index is 0.962. The van der Waals surface area contributed by atoms with E-state index in [-0.39, 0.29) is 18.6 Å². The van der Waals surface area contributed by atoms with Crippen LogP contribution >= 0.6 is 11.6 Å². The molecule has 254 valence electrons. The van der Waals surface area contributed by atoms with Gasteiger partial charge in [-0.15, -0.1) is 0 Å². The summed E-state index contributed by atoms with van der Waals surface area (Å²) in [5, 5.41) is 11.5. The van der Waals surface area contributed by atoms with Crippen LogP contribution in [-0.4, -0.2) is 61.3 Å². The molecule has 8 rings (SSSR count). The summed E-state index contributed by atoms with van der Waals surface area (Å²) < 4.78 is 28.1. The zero-order valence-electron chi connectivity index (χ0n) is 27.5. The van der Waals surface area contributed by atoms with Crippen LogP contribution in [0.1, 0.15) is 46.0 Å². The second-order valence-electron chi connectivity index (χ2n) is 12.8. The molecule has 12 heteroatoms. The maximum Gasteiger partial charge on any atom is 0.255 e. The van der Waals surface area contributed by atoms with Gasteiger partial charge in [0.1, 0.15) is 18.2 Å². The number of amides is 1. The van der Waals surface area contributed by atoms with Gasteiger partial charge in [-0.05, 0) is 79.9 Å². The summed E-state index contributed by atoms with van der Waals surface area (Å²) in [5.74, 6) is 0.809. The highest BCUT2D eigenvalue weighted by atomic mass is 35.5. The summed E-state index contributed by atoms with van der Waals surface area (Å²) in [6, 6.07) is 21.6. The molecule has 1 unspecified atom stereocenters. The number of rotatable bonds is 10. The summed E-state index contributed by atoms with van der Waals surface area (Å²) in [6.45, 7) is 5.75. The Labute approximate surface area is 292 Å². The van der Waals surface area contributed by atoms with Crippen molar-refractivity contribution in [2.24, 2.45) is 0 Å². The Morgan fingerprint density at radius 1 is 1.10 bits per heavy atom. The fourth-order valence-electron chi connectivity index (χ4n) is 6.45. The molecule has 1 amide bonds. The normalized spacial score (nSPS) is 16.4. The number of nitrogens with zero attached hydrogens (tertiary/aromatic N) is 5. The quantitative estimate of drug-likeness (QED) is 0.155. The van der Waals surface area contributed by atoms with Gasteiger partial charge < -0.3 is 19.4 Å². The van der Waals surface area contributed by atoms with Crippen molar-refractivity contribution in [3.63, 3.8) is 0 Å². The number of H-pyrrole nitrogens is 1. The van der Waals surface area contributed by atoms with Crippen molar-refractivity contribution in [1.82, 2.24) is 29.6 Å².